The van der Waals surface area contributed by atoms with Crippen LogP contribution in [0.2, 0.25) is 0 Å². The summed E-state index contributed by atoms with van der Waals surface area (Å²) in [5, 5.41) is 3.07. The summed E-state index contributed by atoms with van der Waals surface area (Å²) in [4.78, 5) is 32.8. The van der Waals surface area contributed by atoms with Gasteiger partial charge in [0.1, 0.15) is 17.2 Å². The Kier molecular flexibility index (Phi) is 4.41. The number of likely N-dealkylation sites (tertiary alicyclic amines) is 1. The fraction of sp³-hybridized carbons (Fsp3) is 0.500. The van der Waals surface area contributed by atoms with Gasteiger partial charge in [0.15, 0.2) is 5.82 Å². The second-order valence-electron chi connectivity index (χ2n) is 6.72. The van der Waals surface area contributed by atoms with Gasteiger partial charge in [0, 0.05) is 31.5 Å². The fourth-order valence-electron chi connectivity index (χ4n) is 3.40. The van der Waals surface area contributed by atoms with Gasteiger partial charge in [-0.05, 0) is 40.5 Å². The summed E-state index contributed by atoms with van der Waals surface area (Å²) in [5.74, 6) is 2.04. The molecule has 3 heterocycles. The Morgan fingerprint density at radius 3 is 2.68 bits per heavy atom. The molecule has 0 bridgehead atoms. The Labute approximate surface area is 147 Å². The zero-order chi connectivity index (χ0) is 18.2. The number of carbonyl (C=O) groups excluding carboxylic acids is 1. The van der Waals surface area contributed by atoms with E-state index in [1.54, 1.807) is 6.20 Å². The molecule has 1 saturated heterocycles. The molecular formula is C18H24N6O. The number of nitrogens with zero attached hydrogens (tertiary/aromatic N) is 5. The minimum atomic E-state index is -0.536. The first-order valence-electron chi connectivity index (χ1n) is 8.51. The van der Waals surface area contributed by atoms with E-state index in [1.165, 1.54) is 0 Å². The second kappa shape index (κ2) is 6.38. The Bertz CT molecular complexity index is 821. The average molecular weight is 340 g/mol. The van der Waals surface area contributed by atoms with Crippen molar-refractivity contribution in [1.29, 1.82) is 0 Å². The molecule has 0 saturated carbocycles. The molecule has 1 aliphatic heterocycles. The van der Waals surface area contributed by atoms with Crippen molar-refractivity contribution in [3.8, 4) is 0 Å². The van der Waals surface area contributed by atoms with Gasteiger partial charge >= 0.3 is 0 Å². The number of amides is 1. The molecule has 1 fully saturated rings. The zero-order valence-electron chi connectivity index (χ0n) is 15.4. The molecule has 3 rings (SSSR count). The molecule has 1 atom stereocenters. The predicted octanol–water partition coefficient (Wildman–Crippen LogP) is 2.38. The van der Waals surface area contributed by atoms with E-state index in [0.29, 0.717) is 29.5 Å². The monoisotopic (exact) mass is 340 g/mol. The van der Waals surface area contributed by atoms with Crippen molar-refractivity contribution in [3.63, 3.8) is 0 Å². The maximum atomic E-state index is 13.2. The number of hydrogen-bond acceptors (Lipinski definition) is 6. The van der Waals surface area contributed by atoms with Crippen molar-refractivity contribution in [3.05, 3.63) is 40.9 Å². The van der Waals surface area contributed by atoms with Crippen LogP contribution in [0.3, 0.4) is 0 Å². The van der Waals surface area contributed by atoms with Gasteiger partial charge in [0.05, 0.1) is 11.3 Å². The van der Waals surface area contributed by atoms with Crippen LogP contribution < -0.4 is 5.32 Å². The highest BCUT2D eigenvalue weighted by molar-refractivity contribution is 5.95. The molecule has 1 amide bonds. The number of hydrogen-bond donors (Lipinski definition) is 1. The molecule has 0 aliphatic carbocycles. The lowest BCUT2D eigenvalue weighted by atomic mass is 9.96. The largest absolute Gasteiger partial charge is 0.373 e. The van der Waals surface area contributed by atoms with Crippen molar-refractivity contribution in [2.24, 2.45) is 0 Å². The molecule has 0 aromatic carbocycles. The minimum Gasteiger partial charge on any atom is -0.373 e. The first-order valence-corrected chi connectivity index (χ1v) is 8.51. The van der Waals surface area contributed by atoms with Gasteiger partial charge in [-0.25, -0.2) is 19.9 Å². The number of aromatic nitrogens is 4. The third kappa shape index (κ3) is 3.06. The van der Waals surface area contributed by atoms with E-state index in [-0.39, 0.29) is 5.91 Å². The van der Waals surface area contributed by atoms with E-state index in [2.05, 4.69) is 25.3 Å². The van der Waals surface area contributed by atoms with Gasteiger partial charge < -0.3 is 10.2 Å². The summed E-state index contributed by atoms with van der Waals surface area (Å²) in [6.07, 6.45) is 3.37. The molecule has 1 N–H and O–H groups in total. The van der Waals surface area contributed by atoms with Crippen LogP contribution in [0.25, 0.3) is 0 Å². The lowest BCUT2D eigenvalue weighted by Gasteiger charge is -2.34. The topological polar surface area (TPSA) is 83.9 Å². The van der Waals surface area contributed by atoms with Gasteiger partial charge in [0.2, 0.25) is 0 Å². The third-order valence-corrected chi connectivity index (χ3v) is 4.81. The van der Waals surface area contributed by atoms with E-state index in [0.717, 1.165) is 24.4 Å². The summed E-state index contributed by atoms with van der Waals surface area (Å²) in [6, 6.07) is 1.89. The van der Waals surface area contributed by atoms with Crippen molar-refractivity contribution in [1.82, 2.24) is 24.8 Å². The highest BCUT2D eigenvalue weighted by Crippen LogP contribution is 2.38. The molecule has 25 heavy (non-hydrogen) atoms. The SMILES string of the molecule is CNc1cc(C)nc([C@@]2(C)CCCN2C(=O)c2cnc(C)nc2C)n1. The molecular weight excluding hydrogens is 316 g/mol. The number of aryl methyl sites for hydroxylation is 3. The van der Waals surface area contributed by atoms with Crippen LogP contribution in [-0.4, -0.2) is 44.3 Å². The van der Waals surface area contributed by atoms with Crippen molar-refractivity contribution in [2.75, 3.05) is 18.9 Å². The van der Waals surface area contributed by atoms with Gasteiger partial charge in [-0.1, -0.05) is 0 Å². The summed E-state index contributed by atoms with van der Waals surface area (Å²) >= 11 is 0. The highest BCUT2D eigenvalue weighted by atomic mass is 16.2. The maximum Gasteiger partial charge on any atom is 0.258 e. The molecule has 2 aromatic rings. The quantitative estimate of drug-likeness (QED) is 0.923. The lowest BCUT2D eigenvalue weighted by Crippen LogP contribution is -2.44. The summed E-state index contributed by atoms with van der Waals surface area (Å²) in [6.45, 7) is 8.32. The fourth-order valence-corrected chi connectivity index (χ4v) is 3.40. The Balaban J connectivity index is 2.01. The Hall–Kier alpha value is -2.57. The number of carbonyl (C=O) groups is 1. The van der Waals surface area contributed by atoms with Crippen LogP contribution in [0.4, 0.5) is 5.82 Å². The minimum absolute atomic E-state index is 0.0615. The molecule has 1 aliphatic rings. The van der Waals surface area contributed by atoms with Crippen LogP contribution in [0, 0.1) is 20.8 Å². The number of nitrogens with one attached hydrogen (secondary N) is 1. The molecule has 7 nitrogen and oxygen atoms in total. The van der Waals surface area contributed by atoms with Crippen LogP contribution in [0.1, 0.15) is 53.2 Å². The van der Waals surface area contributed by atoms with Crippen molar-refractivity contribution < 1.29 is 4.79 Å². The Morgan fingerprint density at radius 1 is 1.24 bits per heavy atom. The predicted molar refractivity (Wildman–Crippen MR) is 95.4 cm³/mol. The first kappa shape index (κ1) is 17.3. The molecule has 0 unspecified atom stereocenters. The second-order valence-corrected chi connectivity index (χ2v) is 6.72. The third-order valence-electron chi connectivity index (χ3n) is 4.81. The Morgan fingerprint density at radius 2 is 2.00 bits per heavy atom. The highest BCUT2D eigenvalue weighted by Gasteiger charge is 2.44. The van der Waals surface area contributed by atoms with Crippen LogP contribution in [0.5, 0.6) is 0 Å². The van der Waals surface area contributed by atoms with E-state index in [4.69, 9.17) is 0 Å². The first-order chi connectivity index (χ1) is 11.8. The molecule has 0 radical (unpaired) electrons. The zero-order valence-corrected chi connectivity index (χ0v) is 15.4. The van der Waals surface area contributed by atoms with Crippen LogP contribution in [-0.2, 0) is 5.54 Å². The van der Waals surface area contributed by atoms with E-state index < -0.39 is 5.54 Å². The normalized spacial score (nSPS) is 20.0. The standard InChI is InChI=1S/C18H24N6O/c1-11-9-15(19-5)23-17(21-11)18(4)7-6-8-24(18)16(25)14-10-20-13(3)22-12(14)2/h9-10H,6-8H2,1-5H3,(H,19,21,23)/t18-/m1/s1. The van der Waals surface area contributed by atoms with Gasteiger partial charge in [-0.3, -0.25) is 4.79 Å². The van der Waals surface area contributed by atoms with Gasteiger partial charge in [0.25, 0.3) is 5.91 Å². The van der Waals surface area contributed by atoms with E-state index in [9.17, 15) is 4.79 Å². The lowest BCUT2D eigenvalue weighted by molar-refractivity contribution is 0.0602. The molecule has 2 aromatic heterocycles. The summed E-state index contributed by atoms with van der Waals surface area (Å²) < 4.78 is 0. The maximum absolute atomic E-state index is 13.2. The number of rotatable bonds is 3. The summed E-state index contributed by atoms with van der Waals surface area (Å²) in [7, 11) is 1.83. The summed E-state index contributed by atoms with van der Waals surface area (Å²) in [5.41, 5.74) is 1.59. The average Bonchev–Trinajstić information content (AvgIpc) is 2.97. The van der Waals surface area contributed by atoms with Gasteiger partial charge in [-0.15, -0.1) is 0 Å². The van der Waals surface area contributed by atoms with Crippen molar-refractivity contribution >= 4 is 11.7 Å². The van der Waals surface area contributed by atoms with Gasteiger partial charge in [-0.2, -0.15) is 0 Å². The molecule has 132 valence electrons. The van der Waals surface area contributed by atoms with E-state index >= 15 is 0 Å². The molecule has 0 spiro atoms. The molecule has 7 heteroatoms. The van der Waals surface area contributed by atoms with Crippen molar-refractivity contribution in [2.45, 2.75) is 46.1 Å². The number of anilines is 1. The van der Waals surface area contributed by atoms with Crippen LogP contribution >= 0.6 is 0 Å². The smallest absolute Gasteiger partial charge is 0.258 e. The van der Waals surface area contributed by atoms with E-state index in [1.807, 2.05) is 45.7 Å². The van der Waals surface area contributed by atoms with Crippen LogP contribution in [0.15, 0.2) is 12.3 Å².